The van der Waals surface area contributed by atoms with E-state index >= 15 is 0 Å². The van der Waals surface area contributed by atoms with Crippen LogP contribution in [-0.4, -0.2) is 31.7 Å². The van der Waals surface area contributed by atoms with Crippen LogP contribution in [0, 0.1) is 6.92 Å². The van der Waals surface area contributed by atoms with Crippen LogP contribution in [-0.2, 0) is 6.54 Å². The standard InChI is InChI=1S/C26H25N5OS/c1-18-9-14-23(31(18)20-10-12-21(32-2)13-11-20)25-24(22-8-4-6-16-28-22)29-26(33)30(25)17-19-7-3-5-15-27-19/h3-16,24-25H,17H2,1-2H3,(H,29,33)/t24-,25-/m0/s1. The number of benzene rings is 1. The van der Waals surface area contributed by atoms with Crippen molar-refractivity contribution >= 4 is 17.3 Å². The van der Waals surface area contributed by atoms with Gasteiger partial charge >= 0.3 is 0 Å². The van der Waals surface area contributed by atoms with E-state index in [2.05, 4.69) is 55.9 Å². The molecule has 6 nitrogen and oxygen atoms in total. The quantitative estimate of drug-likeness (QED) is 0.423. The maximum Gasteiger partial charge on any atom is 0.170 e. The molecule has 1 aromatic carbocycles. The third kappa shape index (κ3) is 4.07. The summed E-state index contributed by atoms with van der Waals surface area (Å²) in [4.78, 5) is 11.4. The average Bonchev–Trinajstić information content (AvgIpc) is 3.39. The van der Waals surface area contributed by atoms with Crippen LogP contribution in [0.5, 0.6) is 5.75 Å². The van der Waals surface area contributed by atoms with Crippen molar-refractivity contribution in [3.63, 3.8) is 0 Å². The molecular formula is C26H25N5OS. The molecule has 7 heteroatoms. The molecule has 0 amide bonds. The second-order valence-electron chi connectivity index (χ2n) is 8.01. The third-order valence-corrected chi connectivity index (χ3v) is 6.35. The lowest BCUT2D eigenvalue weighted by molar-refractivity contribution is 0.299. The van der Waals surface area contributed by atoms with Gasteiger partial charge in [0.15, 0.2) is 5.11 Å². The number of methoxy groups -OCH3 is 1. The predicted octanol–water partition coefficient (Wildman–Crippen LogP) is 4.76. The van der Waals surface area contributed by atoms with Crippen molar-refractivity contribution in [2.45, 2.75) is 25.6 Å². The Hall–Kier alpha value is -3.71. The monoisotopic (exact) mass is 455 g/mol. The molecule has 0 aliphatic carbocycles. The van der Waals surface area contributed by atoms with Gasteiger partial charge in [0.2, 0.25) is 0 Å². The minimum absolute atomic E-state index is 0.0646. The molecule has 0 radical (unpaired) electrons. The highest BCUT2D eigenvalue weighted by Gasteiger charge is 2.41. The lowest BCUT2D eigenvalue weighted by Gasteiger charge is -2.29. The van der Waals surface area contributed by atoms with E-state index in [-0.39, 0.29) is 12.1 Å². The summed E-state index contributed by atoms with van der Waals surface area (Å²) in [5.41, 5.74) is 5.27. The molecule has 166 valence electrons. The van der Waals surface area contributed by atoms with E-state index < -0.39 is 0 Å². The fourth-order valence-electron chi connectivity index (χ4n) is 4.44. The molecule has 0 unspecified atom stereocenters. The Labute approximate surface area is 198 Å². The van der Waals surface area contributed by atoms with Gasteiger partial charge in [-0.1, -0.05) is 12.1 Å². The molecule has 0 bridgehead atoms. The highest BCUT2D eigenvalue weighted by molar-refractivity contribution is 7.80. The molecule has 1 fully saturated rings. The molecule has 5 rings (SSSR count). The number of hydrogen-bond acceptors (Lipinski definition) is 4. The Morgan fingerprint density at radius 2 is 1.70 bits per heavy atom. The van der Waals surface area contributed by atoms with Crippen molar-refractivity contribution < 1.29 is 4.74 Å². The van der Waals surface area contributed by atoms with E-state index in [1.165, 1.54) is 0 Å². The number of pyridine rings is 2. The number of hydrogen-bond donors (Lipinski definition) is 1. The van der Waals surface area contributed by atoms with Crippen LogP contribution in [0.3, 0.4) is 0 Å². The first-order valence-electron chi connectivity index (χ1n) is 10.9. The molecule has 1 aliphatic rings. The molecule has 3 aromatic heterocycles. The van der Waals surface area contributed by atoms with Crippen LogP contribution in [0.25, 0.3) is 5.69 Å². The van der Waals surface area contributed by atoms with Crippen molar-refractivity contribution in [3.05, 3.63) is 108 Å². The number of ether oxygens (including phenoxy) is 1. The molecular weight excluding hydrogens is 430 g/mol. The molecule has 2 atom stereocenters. The van der Waals surface area contributed by atoms with Gasteiger partial charge in [0.05, 0.1) is 37.1 Å². The zero-order chi connectivity index (χ0) is 22.8. The van der Waals surface area contributed by atoms with E-state index in [4.69, 9.17) is 17.0 Å². The van der Waals surface area contributed by atoms with E-state index in [0.717, 1.165) is 34.2 Å². The molecule has 1 aliphatic heterocycles. The first-order chi connectivity index (χ1) is 16.2. The SMILES string of the molecule is COc1ccc(-n2c(C)ccc2[C@H]2[C@H](c3ccccn3)NC(=S)N2Cc2ccccn2)cc1. The second-order valence-corrected chi connectivity index (χ2v) is 8.40. The number of nitrogens with one attached hydrogen (secondary N) is 1. The Bertz CT molecular complexity index is 1240. The van der Waals surface area contributed by atoms with Gasteiger partial charge in [-0.25, -0.2) is 0 Å². The van der Waals surface area contributed by atoms with Gasteiger partial charge in [0.1, 0.15) is 5.75 Å². The van der Waals surface area contributed by atoms with Crippen LogP contribution in [0.4, 0.5) is 0 Å². The molecule has 0 spiro atoms. The Morgan fingerprint density at radius 1 is 0.939 bits per heavy atom. The van der Waals surface area contributed by atoms with E-state index in [9.17, 15) is 0 Å². The van der Waals surface area contributed by atoms with Crippen molar-refractivity contribution in [2.24, 2.45) is 0 Å². The number of aryl methyl sites for hydroxylation is 1. The minimum Gasteiger partial charge on any atom is -0.497 e. The Balaban J connectivity index is 1.62. The molecule has 0 saturated carbocycles. The molecule has 33 heavy (non-hydrogen) atoms. The van der Waals surface area contributed by atoms with E-state index in [1.807, 2.05) is 60.9 Å². The number of rotatable bonds is 6. The topological polar surface area (TPSA) is 55.2 Å². The van der Waals surface area contributed by atoms with Gasteiger partial charge < -0.3 is 19.5 Å². The van der Waals surface area contributed by atoms with Crippen molar-refractivity contribution in [3.8, 4) is 11.4 Å². The van der Waals surface area contributed by atoms with Crippen LogP contribution >= 0.6 is 12.2 Å². The average molecular weight is 456 g/mol. The maximum atomic E-state index is 5.83. The summed E-state index contributed by atoms with van der Waals surface area (Å²) < 4.78 is 7.64. The fourth-order valence-corrected chi connectivity index (χ4v) is 4.74. The zero-order valence-corrected chi connectivity index (χ0v) is 19.4. The first kappa shape index (κ1) is 21.2. The van der Waals surface area contributed by atoms with Crippen LogP contribution in [0.1, 0.15) is 34.9 Å². The van der Waals surface area contributed by atoms with Crippen molar-refractivity contribution in [1.82, 2.24) is 24.8 Å². The highest BCUT2D eigenvalue weighted by atomic mass is 32.1. The van der Waals surface area contributed by atoms with Crippen LogP contribution < -0.4 is 10.1 Å². The van der Waals surface area contributed by atoms with Gasteiger partial charge in [0, 0.05) is 29.5 Å². The zero-order valence-electron chi connectivity index (χ0n) is 18.6. The summed E-state index contributed by atoms with van der Waals surface area (Å²) in [6.07, 6.45) is 3.64. The Morgan fingerprint density at radius 3 is 2.36 bits per heavy atom. The van der Waals surface area contributed by atoms with Gasteiger partial charge in [-0.2, -0.15) is 0 Å². The maximum absolute atomic E-state index is 5.83. The van der Waals surface area contributed by atoms with Crippen LogP contribution in [0.2, 0.25) is 0 Å². The van der Waals surface area contributed by atoms with Gasteiger partial charge in [-0.05, 0) is 79.8 Å². The normalized spacial score (nSPS) is 17.8. The molecule has 1 N–H and O–H groups in total. The largest absolute Gasteiger partial charge is 0.497 e. The molecule has 4 heterocycles. The lowest BCUT2D eigenvalue weighted by Crippen LogP contribution is -2.30. The van der Waals surface area contributed by atoms with E-state index in [1.54, 1.807) is 7.11 Å². The summed E-state index contributed by atoms with van der Waals surface area (Å²) in [7, 11) is 1.68. The fraction of sp³-hybridized carbons (Fsp3) is 0.192. The lowest BCUT2D eigenvalue weighted by atomic mass is 10.0. The predicted molar refractivity (Wildman–Crippen MR) is 132 cm³/mol. The van der Waals surface area contributed by atoms with Gasteiger partial charge in [-0.3, -0.25) is 9.97 Å². The number of thiocarbonyl (C=S) groups is 1. The van der Waals surface area contributed by atoms with Crippen molar-refractivity contribution in [2.75, 3.05) is 7.11 Å². The van der Waals surface area contributed by atoms with Crippen LogP contribution in [0.15, 0.2) is 85.2 Å². The first-order valence-corrected chi connectivity index (χ1v) is 11.3. The smallest absolute Gasteiger partial charge is 0.170 e. The third-order valence-electron chi connectivity index (χ3n) is 6.00. The number of aromatic nitrogens is 3. The Kier molecular flexibility index (Phi) is 5.79. The summed E-state index contributed by atoms with van der Waals surface area (Å²) in [6, 6.07) is 24.3. The summed E-state index contributed by atoms with van der Waals surface area (Å²) >= 11 is 5.83. The minimum atomic E-state index is -0.0892. The van der Waals surface area contributed by atoms with Crippen molar-refractivity contribution in [1.29, 1.82) is 0 Å². The summed E-state index contributed by atoms with van der Waals surface area (Å²) in [5, 5.41) is 4.22. The van der Waals surface area contributed by atoms with E-state index in [0.29, 0.717) is 11.7 Å². The second kappa shape index (κ2) is 9.03. The number of nitrogens with zero attached hydrogens (tertiary/aromatic N) is 4. The summed E-state index contributed by atoms with van der Waals surface area (Å²) in [5.74, 6) is 0.831. The van der Waals surface area contributed by atoms with Gasteiger partial charge in [-0.15, -0.1) is 0 Å². The highest BCUT2D eigenvalue weighted by Crippen LogP contribution is 2.41. The molecule has 4 aromatic rings. The molecule has 1 saturated heterocycles. The van der Waals surface area contributed by atoms with Gasteiger partial charge in [0.25, 0.3) is 0 Å². The summed E-state index contributed by atoms with van der Waals surface area (Å²) in [6.45, 7) is 2.72.